The summed E-state index contributed by atoms with van der Waals surface area (Å²) in [5, 5.41) is 13.2. The molecule has 0 heterocycles. The normalized spacial score (nSPS) is 12.5. The van der Waals surface area contributed by atoms with Gasteiger partial charge in [0.05, 0.1) is 5.02 Å². The Balaban J connectivity index is 2.50. The lowest BCUT2D eigenvalue weighted by Crippen LogP contribution is -2.29. The summed E-state index contributed by atoms with van der Waals surface area (Å²) in [4.78, 5) is 0. The smallest absolute Gasteiger partial charge is 0.138 e. The standard InChI is InChI=1S/C10H13Cl2NO2/c1-13-5-8(14)6-15-10-3-2-7(11)4-9(10)12/h2-4,8,13-14H,5-6H2,1H3. The molecule has 1 unspecified atom stereocenters. The molecule has 0 radical (unpaired) electrons. The van der Waals surface area contributed by atoms with Crippen LogP contribution in [0.4, 0.5) is 0 Å². The first kappa shape index (κ1) is 12.6. The van der Waals surface area contributed by atoms with Crippen molar-refractivity contribution in [3.05, 3.63) is 28.2 Å². The average Bonchev–Trinajstić information content (AvgIpc) is 2.17. The summed E-state index contributed by atoms with van der Waals surface area (Å²) >= 11 is 11.6. The van der Waals surface area contributed by atoms with Gasteiger partial charge in [0.15, 0.2) is 0 Å². The molecule has 1 aromatic rings. The molecule has 1 aromatic carbocycles. The Hall–Kier alpha value is -0.480. The van der Waals surface area contributed by atoms with Crippen molar-refractivity contribution >= 4 is 23.2 Å². The molecule has 2 N–H and O–H groups in total. The lowest BCUT2D eigenvalue weighted by atomic mass is 10.3. The van der Waals surface area contributed by atoms with Crippen molar-refractivity contribution in [1.82, 2.24) is 5.32 Å². The third kappa shape index (κ3) is 4.26. The fourth-order valence-corrected chi connectivity index (χ4v) is 1.54. The quantitative estimate of drug-likeness (QED) is 0.839. The molecule has 0 saturated heterocycles. The van der Waals surface area contributed by atoms with E-state index in [0.29, 0.717) is 22.3 Å². The minimum atomic E-state index is -0.554. The van der Waals surface area contributed by atoms with Gasteiger partial charge in [0.2, 0.25) is 0 Å². The third-order valence-electron chi connectivity index (χ3n) is 1.76. The molecule has 0 fully saturated rings. The minimum Gasteiger partial charge on any atom is -0.489 e. The molecule has 1 atom stereocenters. The number of hydrogen-bond donors (Lipinski definition) is 2. The molecule has 0 aliphatic rings. The zero-order valence-electron chi connectivity index (χ0n) is 8.34. The largest absolute Gasteiger partial charge is 0.489 e. The van der Waals surface area contributed by atoms with Gasteiger partial charge in [-0.15, -0.1) is 0 Å². The molecular formula is C10H13Cl2NO2. The van der Waals surface area contributed by atoms with Gasteiger partial charge in [-0.25, -0.2) is 0 Å². The van der Waals surface area contributed by atoms with E-state index in [9.17, 15) is 5.11 Å². The molecule has 15 heavy (non-hydrogen) atoms. The minimum absolute atomic E-state index is 0.197. The fraction of sp³-hybridized carbons (Fsp3) is 0.400. The summed E-state index contributed by atoms with van der Waals surface area (Å²) in [5.41, 5.74) is 0. The van der Waals surface area contributed by atoms with Crippen molar-refractivity contribution in [2.45, 2.75) is 6.10 Å². The monoisotopic (exact) mass is 249 g/mol. The zero-order valence-corrected chi connectivity index (χ0v) is 9.85. The van der Waals surface area contributed by atoms with Crippen LogP contribution < -0.4 is 10.1 Å². The van der Waals surface area contributed by atoms with Gasteiger partial charge in [-0.05, 0) is 25.2 Å². The lowest BCUT2D eigenvalue weighted by molar-refractivity contribution is 0.108. The molecule has 0 amide bonds. The molecule has 1 rings (SSSR count). The number of rotatable bonds is 5. The van der Waals surface area contributed by atoms with Crippen molar-refractivity contribution in [3.63, 3.8) is 0 Å². The SMILES string of the molecule is CNCC(O)COc1ccc(Cl)cc1Cl. The Labute approximate surface area is 99.0 Å². The highest BCUT2D eigenvalue weighted by molar-refractivity contribution is 6.35. The molecule has 3 nitrogen and oxygen atoms in total. The molecule has 0 aromatic heterocycles. The summed E-state index contributed by atoms with van der Waals surface area (Å²) in [6.45, 7) is 0.674. The molecular weight excluding hydrogens is 237 g/mol. The van der Waals surface area contributed by atoms with Crippen molar-refractivity contribution in [2.75, 3.05) is 20.2 Å². The maximum atomic E-state index is 9.40. The highest BCUT2D eigenvalue weighted by atomic mass is 35.5. The Bertz CT molecular complexity index is 320. The fourth-order valence-electron chi connectivity index (χ4n) is 1.07. The first-order valence-electron chi connectivity index (χ1n) is 4.54. The van der Waals surface area contributed by atoms with Gasteiger partial charge < -0.3 is 15.2 Å². The van der Waals surface area contributed by atoms with E-state index in [1.807, 2.05) is 0 Å². The van der Waals surface area contributed by atoms with Gasteiger partial charge >= 0.3 is 0 Å². The lowest BCUT2D eigenvalue weighted by Gasteiger charge is -2.12. The number of hydrogen-bond acceptors (Lipinski definition) is 3. The second-order valence-corrected chi connectivity index (χ2v) is 3.94. The number of nitrogens with one attached hydrogen (secondary N) is 1. The second-order valence-electron chi connectivity index (χ2n) is 3.10. The summed E-state index contributed by atoms with van der Waals surface area (Å²) in [6, 6.07) is 4.97. The average molecular weight is 250 g/mol. The van der Waals surface area contributed by atoms with Crippen molar-refractivity contribution < 1.29 is 9.84 Å². The molecule has 0 aliphatic heterocycles. The van der Waals surface area contributed by atoms with Gasteiger partial charge in [-0.1, -0.05) is 23.2 Å². The van der Waals surface area contributed by atoms with Crippen LogP contribution in [-0.2, 0) is 0 Å². The number of aliphatic hydroxyl groups is 1. The number of aliphatic hydroxyl groups excluding tert-OH is 1. The van der Waals surface area contributed by atoms with Crippen molar-refractivity contribution in [1.29, 1.82) is 0 Å². The zero-order chi connectivity index (χ0) is 11.3. The summed E-state index contributed by atoms with van der Waals surface area (Å²) in [7, 11) is 1.76. The molecule has 0 bridgehead atoms. The number of ether oxygens (including phenoxy) is 1. The van der Waals surface area contributed by atoms with Crippen LogP contribution in [0, 0.1) is 0 Å². The number of halogens is 2. The van der Waals surface area contributed by atoms with Crippen LogP contribution >= 0.6 is 23.2 Å². The maximum absolute atomic E-state index is 9.40. The van der Waals surface area contributed by atoms with Crippen LogP contribution in [0.25, 0.3) is 0 Å². The summed E-state index contributed by atoms with van der Waals surface area (Å²) in [5.74, 6) is 0.524. The van der Waals surface area contributed by atoms with Gasteiger partial charge in [-0.3, -0.25) is 0 Å². The van der Waals surface area contributed by atoms with Crippen LogP contribution in [0.2, 0.25) is 10.0 Å². The van der Waals surface area contributed by atoms with E-state index in [-0.39, 0.29) is 6.61 Å². The molecule has 84 valence electrons. The topological polar surface area (TPSA) is 41.5 Å². The third-order valence-corrected chi connectivity index (χ3v) is 2.30. The van der Waals surface area contributed by atoms with Gasteiger partial charge in [0, 0.05) is 11.6 Å². The van der Waals surface area contributed by atoms with E-state index in [0.717, 1.165) is 0 Å². The van der Waals surface area contributed by atoms with E-state index < -0.39 is 6.10 Å². The van der Waals surface area contributed by atoms with Crippen LogP contribution in [0.5, 0.6) is 5.75 Å². The van der Waals surface area contributed by atoms with Gasteiger partial charge in [0.1, 0.15) is 18.5 Å². The van der Waals surface area contributed by atoms with Crippen LogP contribution in [0.3, 0.4) is 0 Å². The Morgan fingerprint density at radius 1 is 1.47 bits per heavy atom. The molecule has 0 spiro atoms. The van der Waals surface area contributed by atoms with E-state index in [2.05, 4.69) is 5.32 Å². The summed E-state index contributed by atoms with van der Waals surface area (Å²) in [6.07, 6.45) is -0.554. The molecule has 0 aliphatic carbocycles. The van der Waals surface area contributed by atoms with Crippen LogP contribution in [0.1, 0.15) is 0 Å². The van der Waals surface area contributed by atoms with Crippen molar-refractivity contribution in [3.8, 4) is 5.75 Å². The van der Waals surface area contributed by atoms with E-state index >= 15 is 0 Å². The van der Waals surface area contributed by atoms with Gasteiger partial charge in [0.25, 0.3) is 0 Å². The molecule has 5 heteroatoms. The Kier molecular flexibility index (Phi) is 5.19. The van der Waals surface area contributed by atoms with Crippen molar-refractivity contribution in [2.24, 2.45) is 0 Å². The summed E-state index contributed by atoms with van der Waals surface area (Å²) < 4.78 is 5.33. The predicted octanol–water partition coefficient (Wildman–Crippen LogP) is 1.95. The van der Waals surface area contributed by atoms with E-state index in [1.165, 1.54) is 0 Å². The first-order chi connectivity index (χ1) is 7.13. The van der Waals surface area contributed by atoms with Gasteiger partial charge in [-0.2, -0.15) is 0 Å². The highest BCUT2D eigenvalue weighted by Gasteiger charge is 2.06. The van der Waals surface area contributed by atoms with Crippen LogP contribution in [0.15, 0.2) is 18.2 Å². The number of likely N-dealkylation sites (N-methyl/N-ethyl adjacent to an activating group) is 1. The van der Waals surface area contributed by atoms with Crippen LogP contribution in [-0.4, -0.2) is 31.4 Å². The highest BCUT2D eigenvalue weighted by Crippen LogP contribution is 2.27. The maximum Gasteiger partial charge on any atom is 0.138 e. The number of benzene rings is 1. The Morgan fingerprint density at radius 2 is 2.20 bits per heavy atom. The second kappa shape index (κ2) is 6.18. The van der Waals surface area contributed by atoms with E-state index in [1.54, 1.807) is 25.2 Å². The molecule has 0 saturated carbocycles. The predicted molar refractivity (Wildman–Crippen MR) is 61.9 cm³/mol. The Morgan fingerprint density at radius 3 is 2.80 bits per heavy atom. The van der Waals surface area contributed by atoms with E-state index in [4.69, 9.17) is 27.9 Å². The first-order valence-corrected chi connectivity index (χ1v) is 5.29.